The normalized spacial score (nSPS) is 26.9. The van der Waals surface area contributed by atoms with Crippen molar-refractivity contribution in [1.29, 1.82) is 0 Å². The van der Waals surface area contributed by atoms with E-state index in [-0.39, 0.29) is 34.7 Å². The molecular formula is C19H24N2O6. The van der Waals surface area contributed by atoms with E-state index in [0.717, 1.165) is 6.42 Å². The maximum atomic E-state index is 12.2. The number of nitro groups is 1. The van der Waals surface area contributed by atoms with Crippen LogP contribution in [0.15, 0.2) is 24.3 Å². The highest BCUT2D eigenvalue weighted by atomic mass is 16.6. The second kappa shape index (κ2) is 6.51. The van der Waals surface area contributed by atoms with E-state index >= 15 is 0 Å². The molecule has 27 heavy (non-hydrogen) atoms. The van der Waals surface area contributed by atoms with E-state index in [1.54, 1.807) is 0 Å². The number of fused-ring (bicyclic) bond motifs is 1. The summed E-state index contributed by atoms with van der Waals surface area (Å²) in [6, 6.07) is 4.78. The van der Waals surface area contributed by atoms with E-state index in [9.17, 15) is 24.8 Å². The first-order chi connectivity index (χ1) is 12.5. The number of benzene rings is 1. The Morgan fingerprint density at radius 3 is 2.48 bits per heavy atom. The van der Waals surface area contributed by atoms with Gasteiger partial charge in [-0.1, -0.05) is 20.8 Å². The van der Waals surface area contributed by atoms with Crippen LogP contribution in [0.25, 0.3) is 0 Å². The molecule has 0 unspecified atom stereocenters. The van der Waals surface area contributed by atoms with Crippen molar-refractivity contribution in [2.75, 3.05) is 13.2 Å². The van der Waals surface area contributed by atoms with Crippen molar-refractivity contribution in [2.24, 2.45) is 16.7 Å². The molecule has 1 heterocycles. The molecule has 1 aliphatic carbocycles. The fraction of sp³-hybridized carbons (Fsp3) is 0.579. The van der Waals surface area contributed by atoms with Crippen LogP contribution in [0.3, 0.4) is 0 Å². The van der Waals surface area contributed by atoms with E-state index in [2.05, 4.69) is 20.8 Å². The number of esters is 1. The fourth-order valence-corrected chi connectivity index (χ4v) is 4.28. The molecule has 1 aliphatic heterocycles. The van der Waals surface area contributed by atoms with Gasteiger partial charge in [0.2, 0.25) is 0 Å². The smallest absolute Gasteiger partial charge is 0.407 e. The van der Waals surface area contributed by atoms with Crippen molar-refractivity contribution < 1.29 is 24.4 Å². The molecule has 146 valence electrons. The molecule has 0 bridgehead atoms. The van der Waals surface area contributed by atoms with Crippen molar-refractivity contribution in [3.63, 3.8) is 0 Å². The summed E-state index contributed by atoms with van der Waals surface area (Å²) in [7, 11) is 0. The summed E-state index contributed by atoms with van der Waals surface area (Å²) in [6.07, 6.45) is 0.671. The van der Waals surface area contributed by atoms with Crippen LogP contribution >= 0.6 is 0 Å². The zero-order chi connectivity index (χ0) is 20.0. The minimum absolute atomic E-state index is 0.00423. The summed E-state index contributed by atoms with van der Waals surface area (Å²) in [5.41, 5.74) is 0.118. The minimum Gasteiger partial charge on any atom is -0.465 e. The first-order valence-electron chi connectivity index (χ1n) is 8.96. The lowest BCUT2D eigenvalue weighted by Crippen LogP contribution is -2.52. The number of ether oxygens (including phenoxy) is 1. The molecule has 1 saturated carbocycles. The van der Waals surface area contributed by atoms with Crippen LogP contribution < -0.4 is 0 Å². The van der Waals surface area contributed by atoms with Gasteiger partial charge in [0.05, 0.1) is 16.5 Å². The van der Waals surface area contributed by atoms with E-state index in [0.29, 0.717) is 18.9 Å². The van der Waals surface area contributed by atoms with Gasteiger partial charge in [-0.2, -0.15) is 0 Å². The number of likely N-dealkylation sites (tertiary alicyclic amines) is 1. The van der Waals surface area contributed by atoms with Gasteiger partial charge in [0.15, 0.2) is 0 Å². The number of nitro benzene ring substituents is 1. The van der Waals surface area contributed by atoms with Gasteiger partial charge in [-0.25, -0.2) is 9.59 Å². The molecule has 1 aromatic carbocycles. The molecule has 1 N–H and O–H groups in total. The van der Waals surface area contributed by atoms with Crippen molar-refractivity contribution in [3.8, 4) is 0 Å². The van der Waals surface area contributed by atoms with Gasteiger partial charge < -0.3 is 14.7 Å². The van der Waals surface area contributed by atoms with Gasteiger partial charge in [0, 0.05) is 18.7 Å². The number of amides is 1. The van der Waals surface area contributed by atoms with Crippen molar-refractivity contribution in [1.82, 2.24) is 4.90 Å². The third-order valence-electron chi connectivity index (χ3n) is 6.14. The van der Waals surface area contributed by atoms with Gasteiger partial charge >= 0.3 is 12.1 Å². The lowest BCUT2D eigenvalue weighted by molar-refractivity contribution is -0.384. The Morgan fingerprint density at radius 2 is 1.96 bits per heavy atom. The van der Waals surface area contributed by atoms with Crippen LogP contribution in [-0.4, -0.2) is 46.2 Å². The molecule has 1 amide bonds. The number of rotatable bonds is 4. The predicted molar refractivity (Wildman–Crippen MR) is 96.5 cm³/mol. The lowest BCUT2D eigenvalue weighted by Gasteiger charge is -2.43. The summed E-state index contributed by atoms with van der Waals surface area (Å²) >= 11 is 0. The average Bonchev–Trinajstić information content (AvgIpc) is 3.33. The van der Waals surface area contributed by atoms with Gasteiger partial charge in [-0.3, -0.25) is 10.1 Å². The van der Waals surface area contributed by atoms with E-state index in [1.165, 1.54) is 29.2 Å². The minimum atomic E-state index is -1.000. The highest BCUT2D eigenvalue weighted by molar-refractivity contribution is 5.89. The molecule has 3 rings (SSSR count). The Balaban J connectivity index is 1.64. The highest BCUT2D eigenvalue weighted by Crippen LogP contribution is 2.67. The van der Waals surface area contributed by atoms with Crippen LogP contribution in [-0.2, 0) is 4.74 Å². The quantitative estimate of drug-likeness (QED) is 0.489. The topological polar surface area (TPSA) is 110 Å². The standard InChI is InChI=1S/C19H24N2O6/c1-18(2,3)19-9-13(19)8-15(20(11-19)17(23)24)10-27-16(22)12-4-6-14(7-5-12)21(25)26/h4-7,13,15H,8-11H2,1-3H3,(H,23,24)/t13-,15-,19+/m0/s1. The lowest BCUT2D eigenvalue weighted by atomic mass is 9.73. The first kappa shape index (κ1) is 19.1. The highest BCUT2D eigenvalue weighted by Gasteiger charge is 2.65. The SMILES string of the molecule is CC(C)(C)[C@@]12C[C@@H]1C[C@@H](COC(=O)c1ccc([N+](=O)[O-])cc1)N(C(=O)O)C2. The van der Waals surface area contributed by atoms with Crippen LogP contribution in [0.4, 0.5) is 10.5 Å². The van der Waals surface area contributed by atoms with Gasteiger partial charge in [-0.05, 0) is 41.7 Å². The van der Waals surface area contributed by atoms with Gasteiger partial charge in [0.1, 0.15) is 6.61 Å². The molecule has 1 saturated heterocycles. The van der Waals surface area contributed by atoms with E-state index < -0.39 is 17.0 Å². The molecule has 2 fully saturated rings. The molecule has 0 spiro atoms. The first-order valence-corrected chi connectivity index (χ1v) is 8.96. The maximum Gasteiger partial charge on any atom is 0.407 e. The van der Waals surface area contributed by atoms with Crippen LogP contribution in [0, 0.1) is 26.9 Å². The molecule has 1 aromatic rings. The van der Waals surface area contributed by atoms with Crippen LogP contribution in [0.5, 0.6) is 0 Å². The van der Waals surface area contributed by atoms with Crippen molar-refractivity contribution in [2.45, 2.75) is 39.7 Å². The number of hydrogen-bond donors (Lipinski definition) is 1. The monoisotopic (exact) mass is 376 g/mol. The largest absolute Gasteiger partial charge is 0.465 e. The second-order valence-electron chi connectivity index (χ2n) is 8.51. The number of carbonyl (C=O) groups excluding carboxylic acids is 1. The van der Waals surface area contributed by atoms with Crippen LogP contribution in [0.1, 0.15) is 44.0 Å². The summed E-state index contributed by atoms with van der Waals surface area (Å²) < 4.78 is 5.32. The third kappa shape index (κ3) is 3.48. The van der Waals surface area contributed by atoms with Crippen molar-refractivity contribution >= 4 is 17.7 Å². The Bertz CT molecular complexity index is 769. The van der Waals surface area contributed by atoms with Crippen LogP contribution in [0.2, 0.25) is 0 Å². The molecule has 8 nitrogen and oxygen atoms in total. The van der Waals surface area contributed by atoms with Gasteiger partial charge in [0.25, 0.3) is 5.69 Å². The fourth-order valence-electron chi connectivity index (χ4n) is 4.28. The molecule has 2 aliphatic rings. The number of hydrogen-bond acceptors (Lipinski definition) is 5. The zero-order valence-electron chi connectivity index (χ0n) is 15.7. The molecule has 3 atom stereocenters. The Kier molecular flexibility index (Phi) is 4.61. The Morgan fingerprint density at radius 1 is 1.33 bits per heavy atom. The maximum absolute atomic E-state index is 12.2. The zero-order valence-corrected chi connectivity index (χ0v) is 15.7. The third-order valence-corrected chi connectivity index (χ3v) is 6.14. The van der Waals surface area contributed by atoms with Crippen molar-refractivity contribution in [3.05, 3.63) is 39.9 Å². The Labute approximate surface area is 157 Å². The van der Waals surface area contributed by atoms with Gasteiger partial charge in [-0.15, -0.1) is 0 Å². The summed E-state index contributed by atoms with van der Waals surface area (Å²) in [4.78, 5) is 35.5. The molecule has 0 aromatic heterocycles. The molecular weight excluding hydrogens is 352 g/mol. The number of non-ortho nitro benzene ring substituents is 1. The number of nitrogens with zero attached hydrogens (tertiary/aromatic N) is 2. The predicted octanol–water partition coefficient (Wildman–Crippen LogP) is 3.56. The summed E-state index contributed by atoms with van der Waals surface area (Å²) in [5, 5.41) is 20.3. The summed E-state index contributed by atoms with van der Waals surface area (Å²) in [5.74, 6) is -0.171. The number of carboxylic acid groups (broad SMARTS) is 1. The van der Waals surface area contributed by atoms with E-state index in [4.69, 9.17) is 4.74 Å². The Hall–Kier alpha value is -2.64. The van der Waals surface area contributed by atoms with E-state index in [1.807, 2.05) is 0 Å². The second-order valence-corrected chi connectivity index (χ2v) is 8.51. The molecule has 8 heteroatoms. The average molecular weight is 376 g/mol. The number of carbonyl (C=O) groups is 2. The summed E-state index contributed by atoms with van der Waals surface area (Å²) in [6.45, 7) is 6.86. The number of piperidine rings is 1. The molecule has 0 radical (unpaired) electrons.